The maximum absolute atomic E-state index is 5.92. The lowest BCUT2D eigenvalue weighted by atomic mass is 9.75. The van der Waals surface area contributed by atoms with Crippen LogP contribution in [0.4, 0.5) is 0 Å². The Morgan fingerprint density at radius 3 is 2.20 bits per heavy atom. The number of benzene rings is 1. The molecular formula is C16H21Br3O. The van der Waals surface area contributed by atoms with Crippen molar-refractivity contribution in [2.45, 2.75) is 32.1 Å². The molecule has 0 radical (unpaired) electrons. The molecule has 4 heteroatoms. The zero-order chi connectivity index (χ0) is 14.4. The summed E-state index contributed by atoms with van der Waals surface area (Å²) in [6, 6.07) is 8.08. The number of halogens is 3. The van der Waals surface area contributed by atoms with E-state index in [0.29, 0.717) is 5.41 Å². The first-order valence-corrected chi connectivity index (χ1v) is 10.2. The summed E-state index contributed by atoms with van der Waals surface area (Å²) >= 11 is 10.9. The summed E-state index contributed by atoms with van der Waals surface area (Å²) in [4.78, 5) is 0. The van der Waals surface area contributed by atoms with Gasteiger partial charge in [0.25, 0.3) is 0 Å². The van der Waals surface area contributed by atoms with Crippen molar-refractivity contribution in [3.05, 3.63) is 28.7 Å². The molecule has 0 amide bonds. The van der Waals surface area contributed by atoms with Gasteiger partial charge in [0.1, 0.15) is 5.75 Å². The Hall–Kier alpha value is 0.460. The van der Waals surface area contributed by atoms with Crippen LogP contribution in [-0.4, -0.2) is 17.3 Å². The number of hydrogen-bond acceptors (Lipinski definition) is 1. The highest BCUT2D eigenvalue weighted by molar-refractivity contribution is 9.10. The van der Waals surface area contributed by atoms with Crippen molar-refractivity contribution in [2.75, 3.05) is 17.3 Å². The van der Waals surface area contributed by atoms with Gasteiger partial charge in [-0.15, -0.1) is 0 Å². The Balaban J connectivity index is 1.90. The van der Waals surface area contributed by atoms with Crippen LogP contribution in [0.1, 0.15) is 32.1 Å². The van der Waals surface area contributed by atoms with Crippen LogP contribution in [0.5, 0.6) is 5.75 Å². The molecule has 0 unspecified atom stereocenters. The van der Waals surface area contributed by atoms with Crippen LogP contribution >= 0.6 is 47.8 Å². The van der Waals surface area contributed by atoms with Gasteiger partial charge in [-0.05, 0) is 54.9 Å². The third kappa shape index (κ3) is 4.23. The van der Waals surface area contributed by atoms with E-state index < -0.39 is 0 Å². The summed E-state index contributed by atoms with van der Waals surface area (Å²) < 4.78 is 7.01. The van der Waals surface area contributed by atoms with Crippen molar-refractivity contribution in [3.63, 3.8) is 0 Å². The highest BCUT2D eigenvalue weighted by Crippen LogP contribution is 2.44. The molecule has 20 heavy (non-hydrogen) atoms. The minimum Gasteiger partial charge on any atom is -0.494 e. The van der Waals surface area contributed by atoms with E-state index >= 15 is 0 Å². The predicted molar refractivity (Wildman–Crippen MR) is 96.2 cm³/mol. The lowest BCUT2D eigenvalue weighted by Gasteiger charge is -2.36. The molecule has 1 saturated carbocycles. The molecule has 0 aromatic heterocycles. The van der Waals surface area contributed by atoms with E-state index in [2.05, 4.69) is 47.8 Å². The minimum atomic E-state index is 0.339. The normalized spacial score (nSPS) is 16.6. The van der Waals surface area contributed by atoms with E-state index in [-0.39, 0.29) is 0 Å². The SMILES string of the molecule is BrCC(CBr)(CCOc1ccc(Br)cc1)C1CCCC1. The van der Waals surface area contributed by atoms with E-state index in [4.69, 9.17) is 4.74 Å². The summed E-state index contributed by atoms with van der Waals surface area (Å²) in [5.74, 6) is 1.78. The molecule has 0 bridgehead atoms. The monoisotopic (exact) mass is 466 g/mol. The lowest BCUT2D eigenvalue weighted by Crippen LogP contribution is -2.34. The molecule has 0 spiro atoms. The summed E-state index contributed by atoms with van der Waals surface area (Å²) in [6.07, 6.45) is 6.62. The van der Waals surface area contributed by atoms with Gasteiger partial charge in [-0.2, -0.15) is 0 Å². The zero-order valence-corrected chi connectivity index (χ0v) is 16.3. The Kier molecular flexibility index (Phi) is 6.89. The average molecular weight is 469 g/mol. The van der Waals surface area contributed by atoms with Gasteiger partial charge in [-0.3, -0.25) is 0 Å². The highest BCUT2D eigenvalue weighted by atomic mass is 79.9. The van der Waals surface area contributed by atoms with Gasteiger partial charge in [-0.1, -0.05) is 60.6 Å². The van der Waals surface area contributed by atoms with Crippen LogP contribution in [-0.2, 0) is 0 Å². The number of rotatable bonds is 7. The summed E-state index contributed by atoms with van der Waals surface area (Å²) in [7, 11) is 0. The molecule has 0 aliphatic heterocycles. The van der Waals surface area contributed by atoms with E-state index in [1.807, 2.05) is 24.3 Å². The summed E-state index contributed by atoms with van der Waals surface area (Å²) in [5, 5.41) is 2.11. The molecule has 0 saturated heterocycles. The smallest absolute Gasteiger partial charge is 0.119 e. The van der Waals surface area contributed by atoms with Gasteiger partial charge < -0.3 is 4.74 Å². The largest absolute Gasteiger partial charge is 0.494 e. The van der Waals surface area contributed by atoms with Crippen molar-refractivity contribution in [2.24, 2.45) is 11.3 Å². The quantitative estimate of drug-likeness (QED) is 0.434. The molecule has 2 rings (SSSR count). The molecule has 0 atom stereocenters. The van der Waals surface area contributed by atoms with Crippen LogP contribution in [0.15, 0.2) is 28.7 Å². The van der Waals surface area contributed by atoms with Gasteiger partial charge in [0.2, 0.25) is 0 Å². The first kappa shape index (κ1) is 16.8. The van der Waals surface area contributed by atoms with Crippen LogP contribution in [0.2, 0.25) is 0 Å². The third-order valence-corrected chi connectivity index (χ3v) is 7.20. The lowest BCUT2D eigenvalue weighted by molar-refractivity contribution is 0.169. The number of hydrogen-bond donors (Lipinski definition) is 0. The Labute approximate surface area is 147 Å². The van der Waals surface area contributed by atoms with E-state index in [0.717, 1.165) is 39.8 Å². The second kappa shape index (κ2) is 8.19. The molecule has 0 N–H and O–H groups in total. The summed E-state index contributed by atoms with van der Waals surface area (Å²) in [5.41, 5.74) is 0.339. The van der Waals surface area contributed by atoms with Gasteiger partial charge in [0, 0.05) is 15.1 Å². The molecule has 1 aliphatic rings. The fraction of sp³-hybridized carbons (Fsp3) is 0.625. The highest BCUT2D eigenvalue weighted by Gasteiger charge is 2.38. The van der Waals surface area contributed by atoms with Gasteiger partial charge in [-0.25, -0.2) is 0 Å². The molecule has 1 nitrogen and oxygen atoms in total. The van der Waals surface area contributed by atoms with E-state index in [1.54, 1.807) is 0 Å². The van der Waals surface area contributed by atoms with Crippen LogP contribution in [0.25, 0.3) is 0 Å². The molecule has 1 aromatic carbocycles. The molecule has 1 fully saturated rings. The third-order valence-electron chi connectivity index (χ3n) is 4.44. The Morgan fingerprint density at radius 2 is 1.65 bits per heavy atom. The predicted octanol–water partition coefficient (Wildman–Crippen LogP) is 6.18. The molecule has 112 valence electrons. The first-order chi connectivity index (χ1) is 9.70. The van der Waals surface area contributed by atoms with E-state index in [1.165, 1.54) is 25.7 Å². The van der Waals surface area contributed by atoms with Crippen molar-refractivity contribution >= 4 is 47.8 Å². The number of alkyl halides is 2. The Bertz CT molecular complexity index is 395. The number of ether oxygens (including phenoxy) is 1. The molecule has 1 aromatic rings. The second-order valence-electron chi connectivity index (χ2n) is 5.66. The van der Waals surface area contributed by atoms with Crippen molar-refractivity contribution in [1.29, 1.82) is 0 Å². The Morgan fingerprint density at radius 1 is 1.05 bits per heavy atom. The van der Waals surface area contributed by atoms with Crippen molar-refractivity contribution < 1.29 is 4.74 Å². The van der Waals surface area contributed by atoms with Gasteiger partial charge in [0.05, 0.1) is 6.61 Å². The van der Waals surface area contributed by atoms with Gasteiger partial charge >= 0.3 is 0 Å². The molecule has 0 heterocycles. The zero-order valence-electron chi connectivity index (χ0n) is 11.6. The van der Waals surface area contributed by atoms with Crippen LogP contribution in [0.3, 0.4) is 0 Å². The fourth-order valence-corrected chi connectivity index (χ4v) is 5.70. The second-order valence-corrected chi connectivity index (χ2v) is 7.70. The maximum Gasteiger partial charge on any atom is 0.119 e. The van der Waals surface area contributed by atoms with Crippen molar-refractivity contribution in [3.8, 4) is 5.75 Å². The standard InChI is InChI=1S/C16H21Br3O/c17-11-16(12-18,13-3-1-2-4-13)9-10-20-15-7-5-14(19)6-8-15/h5-8,13H,1-4,9-12H2. The van der Waals surface area contributed by atoms with Crippen LogP contribution < -0.4 is 4.74 Å². The first-order valence-electron chi connectivity index (χ1n) is 7.20. The topological polar surface area (TPSA) is 9.23 Å². The molecular weight excluding hydrogens is 448 g/mol. The average Bonchev–Trinajstić information content (AvgIpc) is 3.01. The van der Waals surface area contributed by atoms with E-state index in [9.17, 15) is 0 Å². The maximum atomic E-state index is 5.92. The minimum absolute atomic E-state index is 0.339. The fourth-order valence-electron chi connectivity index (χ4n) is 3.03. The van der Waals surface area contributed by atoms with Crippen molar-refractivity contribution in [1.82, 2.24) is 0 Å². The summed E-state index contributed by atoms with van der Waals surface area (Å²) in [6.45, 7) is 0.787. The van der Waals surface area contributed by atoms with Gasteiger partial charge in [0.15, 0.2) is 0 Å². The molecule has 1 aliphatic carbocycles. The van der Waals surface area contributed by atoms with Crippen LogP contribution in [0, 0.1) is 11.3 Å².